The van der Waals surface area contributed by atoms with Crippen molar-refractivity contribution in [3.05, 3.63) is 59.1 Å². The fraction of sp³-hybridized carbons (Fsp3) is 0.350. The molecule has 1 saturated heterocycles. The molecule has 0 aromatic carbocycles. The Labute approximate surface area is 162 Å². The van der Waals surface area contributed by atoms with Crippen molar-refractivity contribution in [2.75, 3.05) is 19.8 Å². The standard InChI is InChI=1S/C20H21N3O3S/c1-2-16(11-21-6-1)26-17-10-19(25-14-15-5-8-24-13-15)18(23-12-17)3-4-20-22-7-9-27-20/h1-2,6-7,9-12,15H,3-5,8,13-14H2. The summed E-state index contributed by atoms with van der Waals surface area (Å²) >= 11 is 1.66. The number of hydrogen-bond donors (Lipinski definition) is 0. The number of hydrogen-bond acceptors (Lipinski definition) is 7. The van der Waals surface area contributed by atoms with Crippen molar-refractivity contribution in [2.24, 2.45) is 5.92 Å². The summed E-state index contributed by atoms with van der Waals surface area (Å²) in [5.41, 5.74) is 0.919. The first kappa shape index (κ1) is 17.9. The molecular weight excluding hydrogens is 362 g/mol. The highest BCUT2D eigenvalue weighted by Crippen LogP contribution is 2.28. The lowest BCUT2D eigenvalue weighted by molar-refractivity contribution is 0.166. The van der Waals surface area contributed by atoms with Gasteiger partial charge in [0.05, 0.1) is 36.3 Å². The fourth-order valence-corrected chi connectivity index (χ4v) is 3.51. The maximum absolute atomic E-state index is 6.11. The van der Waals surface area contributed by atoms with Gasteiger partial charge in [0.1, 0.15) is 17.2 Å². The van der Waals surface area contributed by atoms with E-state index in [9.17, 15) is 0 Å². The molecule has 7 heteroatoms. The van der Waals surface area contributed by atoms with Gasteiger partial charge >= 0.3 is 0 Å². The highest BCUT2D eigenvalue weighted by atomic mass is 32.1. The van der Waals surface area contributed by atoms with Crippen LogP contribution in [0, 0.1) is 5.92 Å². The van der Waals surface area contributed by atoms with Crippen LogP contribution in [0.1, 0.15) is 17.1 Å². The average molecular weight is 383 g/mol. The van der Waals surface area contributed by atoms with E-state index in [0.29, 0.717) is 24.0 Å². The predicted molar refractivity (Wildman–Crippen MR) is 102 cm³/mol. The summed E-state index contributed by atoms with van der Waals surface area (Å²) in [6.45, 7) is 2.20. The van der Waals surface area contributed by atoms with Crippen LogP contribution < -0.4 is 9.47 Å². The van der Waals surface area contributed by atoms with Gasteiger partial charge in [0.15, 0.2) is 0 Å². The highest BCUT2D eigenvalue weighted by Gasteiger charge is 2.18. The topological polar surface area (TPSA) is 66.4 Å². The lowest BCUT2D eigenvalue weighted by Gasteiger charge is -2.15. The van der Waals surface area contributed by atoms with E-state index in [1.54, 1.807) is 29.9 Å². The molecule has 1 atom stereocenters. The minimum atomic E-state index is 0.430. The Morgan fingerprint density at radius 3 is 2.93 bits per heavy atom. The summed E-state index contributed by atoms with van der Waals surface area (Å²) in [5.74, 6) is 2.50. The van der Waals surface area contributed by atoms with E-state index in [1.807, 2.05) is 29.8 Å². The van der Waals surface area contributed by atoms with Crippen LogP contribution in [-0.4, -0.2) is 34.8 Å². The van der Waals surface area contributed by atoms with Crippen LogP contribution >= 0.6 is 11.3 Å². The molecule has 0 amide bonds. The normalized spacial score (nSPS) is 16.4. The minimum absolute atomic E-state index is 0.430. The molecule has 1 fully saturated rings. The van der Waals surface area contributed by atoms with Crippen LogP contribution in [0.2, 0.25) is 0 Å². The van der Waals surface area contributed by atoms with Gasteiger partial charge in [0.25, 0.3) is 0 Å². The first-order valence-electron chi connectivity index (χ1n) is 9.02. The minimum Gasteiger partial charge on any atom is -0.491 e. The van der Waals surface area contributed by atoms with E-state index in [4.69, 9.17) is 14.2 Å². The summed E-state index contributed by atoms with van der Waals surface area (Å²) < 4.78 is 17.4. The van der Waals surface area contributed by atoms with E-state index in [-0.39, 0.29) is 0 Å². The molecule has 27 heavy (non-hydrogen) atoms. The molecular formula is C20H21N3O3S. The van der Waals surface area contributed by atoms with Crippen LogP contribution in [0.4, 0.5) is 0 Å². The first-order valence-corrected chi connectivity index (χ1v) is 9.90. The lowest BCUT2D eigenvalue weighted by atomic mass is 10.1. The van der Waals surface area contributed by atoms with Gasteiger partial charge in [-0.25, -0.2) is 4.98 Å². The second-order valence-corrected chi connectivity index (χ2v) is 7.35. The van der Waals surface area contributed by atoms with Crippen molar-refractivity contribution in [1.82, 2.24) is 15.0 Å². The van der Waals surface area contributed by atoms with E-state index >= 15 is 0 Å². The largest absolute Gasteiger partial charge is 0.491 e. The smallest absolute Gasteiger partial charge is 0.149 e. The Hall–Kier alpha value is -2.51. The van der Waals surface area contributed by atoms with Crippen LogP contribution in [0.25, 0.3) is 0 Å². The summed E-state index contributed by atoms with van der Waals surface area (Å²) in [6.07, 6.45) is 9.60. The molecule has 0 radical (unpaired) electrons. The second kappa shape index (κ2) is 8.92. The number of rotatable bonds is 8. The third-order valence-electron chi connectivity index (χ3n) is 4.33. The molecule has 0 N–H and O–H groups in total. The number of nitrogens with zero attached hydrogens (tertiary/aromatic N) is 3. The zero-order chi connectivity index (χ0) is 18.3. The fourth-order valence-electron chi connectivity index (χ4n) is 2.89. The number of pyridine rings is 2. The van der Waals surface area contributed by atoms with Crippen molar-refractivity contribution in [3.8, 4) is 17.2 Å². The highest BCUT2D eigenvalue weighted by molar-refractivity contribution is 7.09. The summed E-state index contributed by atoms with van der Waals surface area (Å²) in [6, 6.07) is 5.61. The van der Waals surface area contributed by atoms with Gasteiger partial charge < -0.3 is 14.2 Å². The molecule has 4 heterocycles. The lowest BCUT2D eigenvalue weighted by Crippen LogP contribution is -2.13. The van der Waals surface area contributed by atoms with E-state index in [1.165, 1.54) is 0 Å². The second-order valence-electron chi connectivity index (χ2n) is 6.37. The first-order chi connectivity index (χ1) is 13.4. The maximum Gasteiger partial charge on any atom is 0.149 e. The third-order valence-corrected chi connectivity index (χ3v) is 5.17. The van der Waals surface area contributed by atoms with Crippen molar-refractivity contribution >= 4 is 11.3 Å². The van der Waals surface area contributed by atoms with Crippen LogP contribution in [0.15, 0.2) is 48.4 Å². The van der Waals surface area contributed by atoms with Gasteiger partial charge in [-0.2, -0.15) is 0 Å². The molecule has 140 valence electrons. The summed E-state index contributed by atoms with van der Waals surface area (Å²) in [4.78, 5) is 13.0. The van der Waals surface area contributed by atoms with Crippen molar-refractivity contribution < 1.29 is 14.2 Å². The average Bonchev–Trinajstić information content (AvgIpc) is 3.40. The Morgan fingerprint density at radius 2 is 2.15 bits per heavy atom. The Morgan fingerprint density at radius 1 is 1.15 bits per heavy atom. The maximum atomic E-state index is 6.11. The predicted octanol–water partition coefficient (Wildman–Crippen LogP) is 3.93. The third kappa shape index (κ3) is 5.02. The SMILES string of the molecule is c1cncc(Oc2cnc(CCc3nccs3)c(OCC3CCOC3)c2)c1. The molecule has 1 aliphatic rings. The molecule has 0 bridgehead atoms. The Balaban J connectivity index is 1.49. The van der Waals surface area contributed by atoms with E-state index in [0.717, 1.165) is 48.9 Å². The molecule has 4 rings (SSSR count). The number of ether oxygens (including phenoxy) is 3. The molecule has 3 aromatic heterocycles. The van der Waals surface area contributed by atoms with Crippen LogP contribution in [0.5, 0.6) is 17.2 Å². The van der Waals surface area contributed by atoms with E-state index < -0.39 is 0 Å². The van der Waals surface area contributed by atoms with Gasteiger partial charge in [-0.1, -0.05) is 0 Å². The van der Waals surface area contributed by atoms with Gasteiger partial charge in [-0.3, -0.25) is 9.97 Å². The van der Waals surface area contributed by atoms with Crippen molar-refractivity contribution in [3.63, 3.8) is 0 Å². The van der Waals surface area contributed by atoms with Gasteiger partial charge in [-0.05, 0) is 25.0 Å². The number of thiazole rings is 1. The molecule has 0 saturated carbocycles. The van der Waals surface area contributed by atoms with Gasteiger partial charge in [-0.15, -0.1) is 11.3 Å². The monoisotopic (exact) mass is 383 g/mol. The molecule has 0 aliphatic carbocycles. The number of aryl methyl sites for hydroxylation is 2. The Bertz CT molecular complexity index is 837. The van der Waals surface area contributed by atoms with Crippen molar-refractivity contribution in [1.29, 1.82) is 0 Å². The van der Waals surface area contributed by atoms with Crippen molar-refractivity contribution in [2.45, 2.75) is 19.3 Å². The summed E-state index contributed by atoms with van der Waals surface area (Å²) in [5, 5.41) is 3.09. The quantitative estimate of drug-likeness (QED) is 0.587. The molecule has 3 aromatic rings. The van der Waals surface area contributed by atoms with Crippen LogP contribution in [0.3, 0.4) is 0 Å². The van der Waals surface area contributed by atoms with Crippen LogP contribution in [-0.2, 0) is 17.6 Å². The van der Waals surface area contributed by atoms with E-state index in [2.05, 4.69) is 15.0 Å². The zero-order valence-corrected chi connectivity index (χ0v) is 15.7. The van der Waals surface area contributed by atoms with Gasteiger partial charge in [0, 0.05) is 42.8 Å². The summed E-state index contributed by atoms with van der Waals surface area (Å²) in [7, 11) is 0. The molecule has 0 spiro atoms. The molecule has 6 nitrogen and oxygen atoms in total. The molecule has 1 aliphatic heterocycles. The zero-order valence-electron chi connectivity index (χ0n) is 14.9. The molecule has 1 unspecified atom stereocenters. The van der Waals surface area contributed by atoms with Gasteiger partial charge in [0.2, 0.25) is 0 Å². The number of aromatic nitrogens is 3. The Kier molecular flexibility index (Phi) is 5.91.